The van der Waals surface area contributed by atoms with Gasteiger partial charge in [-0.05, 0) is 51.4 Å². The van der Waals surface area contributed by atoms with Gasteiger partial charge in [0.15, 0.2) is 0 Å². The summed E-state index contributed by atoms with van der Waals surface area (Å²) in [4.78, 5) is 26.6. The highest BCUT2D eigenvalue weighted by Crippen LogP contribution is 2.36. The van der Waals surface area contributed by atoms with Crippen molar-refractivity contribution in [2.45, 2.75) is 6.54 Å². The van der Waals surface area contributed by atoms with Crippen LogP contribution in [0.3, 0.4) is 0 Å². The second-order valence-corrected chi connectivity index (χ2v) is 7.12. The van der Waals surface area contributed by atoms with Crippen LogP contribution in [-0.4, -0.2) is 11.7 Å². The van der Waals surface area contributed by atoms with E-state index in [0.717, 1.165) is 27.1 Å². The number of ketones is 1. The number of hydrogen-bond acceptors (Lipinski definition) is 2. The molecule has 1 amide bonds. The number of hydrogen-bond donors (Lipinski definition) is 0. The van der Waals surface area contributed by atoms with Gasteiger partial charge in [-0.2, -0.15) is 0 Å². The molecular weight excluding hydrogens is 358 g/mol. The summed E-state index contributed by atoms with van der Waals surface area (Å²) in [6.07, 6.45) is 0. The SMILES string of the molecule is O=C1C(=O)N(Cc2c3ccccc3cc3ccccc23)c2cc(Cl)ccc21. The number of carbonyl (C=O) groups excluding carboxylic acids is 2. The second kappa shape index (κ2) is 5.93. The van der Waals surface area contributed by atoms with E-state index in [1.54, 1.807) is 18.2 Å². The molecule has 0 saturated heterocycles. The van der Waals surface area contributed by atoms with Crippen LogP contribution in [0.15, 0.2) is 72.8 Å². The Morgan fingerprint density at radius 2 is 1.41 bits per heavy atom. The number of nitrogens with zero attached hydrogens (tertiary/aromatic N) is 1. The number of halogens is 1. The summed E-state index contributed by atoms with van der Waals surface area (Å²) in [5, 5.41) is 4.87. The molecule has 0 aliphatic carbocycles. The van der Waals surface area contributed by atoms with Crippen LogP contribution < -0.4 is 4.90 Å². The lowest BCUT2D eigenvalue weighted by molar-refractivity contribution is -0.114. The minimum Gasteiger partial charge on any atom is -0.300 e. The molecule has 27 heavy (non-hydrogen) atoms. The van der Waals surface area contributed by atoms with E-state index in [2.05, 4.69) is 30.3 Å². The van der Waals surface area contributed by atoms with Crippen LogP contribution in [0.5, 0.6) is 0 Å². The molecule has 5 rings (SSSR count). The highest BCUT2D eigenvalue weighted by Gasteiger charge is 2.36. The van der Waals surface area contributed by atoms with Crippen LogP contribution in [-0.2, 0) is 11.3 Å². The van der Waals surface area contributed by atoms with Crippen molar-refractivity contribution in [1.82, 2.24) is 0 Å². The molecule has 0 unspecified atom stereocenters. The maximum absolute atomic E-state index is 12.7. The molecule has 1 aliphatic rings. The largest absolute Gasteiger partial charge is 0.300 e. The van der Waals surface area contributed by atoms with Gasteiger partial charge in [0.05, 0.1) is 17.8 Å². The van der Waals surface area contributed by atoms with Crippen LogP contribution in [0.4, 0.5) is 5.69 Å². The molecule has 0 spiro atoms. The summed E-state index contributed by atoms with van der Waals surface area (Å²) >= 11 is 6.13. The first-order valence-electron chi connectivity index (χ1n) is 8.68. The molecule has 4 aromatic carbocycles. The maximum Gasteiger partial charge on any atom is 0.299 e. The fraction of sp³-hybridized carbons (Fsp3) is 0.0435. The fourth-order valence-electron chi connectivity index (χ4n) is 3.86. The predicted molar refractivity (Wildman–Crippen MR) is 108 cm³/mol. The average molecular weight is 372 g/mol. The van der Waals surface area contributed by atoms with Gasteiger partial charge < -0.3 is 4.90 Å². The number of fused-ring (bicyclic) bond motifs is 3. The molecule has 0 radical (unpaired) electrons. The molecule has 130 valence electrons. The van der Waals surface area contributed by atoms with E-state index >= 15 is 0 Å². The van der Waals surface area contributed by atoms with E-state index in [4.69, 9.17) is 11.6 Å². The van der Waals surface area contributed by atoms with Gasteiger partial charge in [0, 0.05) is 5.02 Å². The molecule has 1 heterocycles. The Bertz CT molecular complexity index is 1210. The first-order chi connectivity index (χ1) is 13.1. The smallest absolute Gasteiger partial charge is 0.299 e. The summed E-state index contributed by atoms with van der Waals surface area (Å²) < 4.78 is 0. The Labute approximate surface area is 160 Å². The van der Waals surface area contributed by atoms with E-state index in [1.165, 1.54) is 4.90 Å². The third kappa shape index (κ3) is 2.43. The first-order valence-corrected chi connectivity index (χ1v) is 9.06. The summed E-state index contributed by atoms with van der Waals surface area (Å²) in [5.74, 6) is -0.990. The van der Waals surface area contributed by atoms with Crippen molar-refractivity contribution >= 4 is 50.5 Å². The lowest BCUT2D eigenvalue weighted by Crippen LogP contribution is -2.29. The second-order valence-electron chi connectivity index (χ2n) is 6.68. The normalized spacial score (nSPS) is 13.6. The Balaban J connectivity index is 1.74. The molecule has 0 saturated carbocycles. The molecule has 0 bridgehead atoms. The zero-order valence-electron chi connectivity index (χ0n) is 14.3. The van der Waals surface area contributed by atoms with Crippen molar-refractivity contribution in [3.63, 3.8) is 0 Å². The highest BCUT2D eigenvalue weighted by atomic mass is 35.5. The zero-order valence-corrected chi connectivity index (χ0v) is 15.0. The summed E-state index contributed by atoms with van der Waals surface area (Å²) in [6.45, 7) is 0.319. The minimum absolute atomic E-state index is 0.319. The summed E-state index contributed by atoms with van der Waals surface area (Å²) in [7, 11) is 0. The standard InChI is InChI=1S/C23H14ClNO2/c24-16-9-10-19-21(12-16)25(23(27)22(19)26)13-20-17-7-3-1-5-14(17)11-15-6-2-4-8-18(15)20/h1-12H,13H2. The van der Waals surface area contributed by atoms with Gasteiger partial charge in [-0.1, -0.05) is 60.1 Å². The molecule has 4 aromatic rings. The van der Waals surface area contributed by atoms with Crippen molar-refractivity contribution in [3.05, 3.63) is 88.9 Å². The number of benzene rings is 4. The van der Waals surface area contributed by atoms with Gasteiger partial charge in [0.1, 0.15) is 0 Å². The summed E-state index contributed by atoms with van der Waals surface area (Å²) in [6, 6.07) is 23.3. The number of anilines is 1. The van der Waals surface area contributed by atoms with Crippen LogP contribution >= 0.6 is 11.6 Å². The van der Waals surface area contributed by atoms with Crippen LogP contribution in [0.2, 0.25) is 5.02 Å². The fourth-order valence-corrected chi connectivity index (χ4v) is 4.03. The van der Waals surface area contributed by atoms with E-state index in [0.29, 0.717) is 22.8 Å². The van der Waals surface area contributed by atoms with Gasteiger partial charge >= 0.3 is 0 Å². The van der Waals surface area contributed by atoms with Crippen LogP contribution in [0, 0.1) is 0 Å². The van der Waals surface area contributed by atoms with E-state index in [-0.39, 0.29) is 0 Å². The minimum atomic E-state index is -0.510. The Morgan fingerprint density at radius 3 is 2.07 bits per heavy atom. The number of Topliss-reactive ketones (excluding diaryl/α,β-unsaturated/α-hetero) is 1. The van der Waals surface area contributed by atoms with Crippen molar-refractivity contribution < 1.29 is 9.59 Å². The number of carbonyl (C=O) groups is 2. The quantitative estimate of drug-likeness (QED) is 0.350. The molecule has 0 aromatic heterocycles. The Morgan fingerprint density at radius 1 is 0.778 bits per heavy atom. The third-order valence-electron chi connectivity index (χ3n) is 5.13. The van der Waals surface area contributed by atoms with Gasteiger partial charge in [-0.15, -0.1) is 0 Å². The van der Waals surface area contributed by atoms with Gasteiger partial charge in [0.2, 0.25) is 0 Å². The van der Waals surface area contributed by atoms with Crippen LogP contribution in [0.1, 0.15) is 15.9 Å². The maximum atomic E-state index is 12.7. The molecule has 0 fully saturated rings. The molecule has 0 atom stereocenters. The topological polar surface area (TPSA) is 37.4 Å². The lowest BCUT2D eigenvalue weighted by atomic mass is 9.96. The van der Waals surface area contributed by atoms with E-state index in [9.17, 15) is 9.59 Å². The monoisotopic (exact) mass is 371 g/mol. The van der Waals surface area contributed by atoms with Crippen molar-refractivity contribution in [2.24, 2.45) is 0 Å². The van der Waals surface area contributed by atoms with Crippen molar-refractivity contribution in [1.29, 1.82) is 0 Å². The zero-order chi connectivity index (χ0) is 18.5. The molecule has 1 aliphatic heterocycles. The van der Waals surface area contributed by atoms with Crippen LogP contribution in [0.25, 0.3) is 21.5 Å². The molecule has 4 heteroatoms. The van der Waals surface area contributed by atoms with Gasteiger partial charge in [-0.3, -0.25) is 9.59 Å². The van der Waals surface area contributed by atoms with E-state index in [1.807, 2.05) is 24.3 Å². The van der Waals surface area contributed by atoms with Gasteiger partial charge in [0.25, 0.3) is 11.7 Å². The molecule has 0 N–H and O–H groups in total. The van der Waals surface area contributed by atoms with Gasteiger partial charge in [-0.25, -0.2) is 0 Å². The lowest BCUT2D eigenvalue weighted by Gasteiger charge is -2.20. The third-order valence-corrected chi connectivity index (χ3v) is 5.37. The number of rotatable bonds is 2. The highest BCUT2D eigenvalue weighted by molar-refractivity contribution is 6.52. The first kappa shape index (κ1) is 16.0. The summed E-state index contributed by atoms with van der Waals surface area (Å²) in [5.41, 5.74) is 2.01. The Kier molecular flexibility index (Phi) is 3.52. The molecule has 3 nitrogen and oxygen atoms in total. The molecular formula is C23H14ClNO2. The Hall–Kier alpha value is -3.17. The van der Waals surface area contributed by atoms with Crippen molar-refractivity contribution in [2.75, 3.05) is 4.90 Å². The average Bonchev–Trinajstić information content (AvgIpc) is 2.92. The predicted octanol–water partition coefficient (Wildman–Crippen LogP) is 5.38. The number of amides is 1. The van der Waals surface area contributed by atoms with E-state index < -0.39 is 11.7 Å². The van der Waals surface area contributed by atoms with Crippen molar-refractivity contribution in [3.8, 4) is 0 Å².